The average molecular weight is 278 g/mol. The molecule has 2 heterocycles. The fraction of sp³-hybridized carbons (Fsp3) is 0.250. The van der Waals surface area contributed by atoms with Crippen LogP contribution in [0.5, 0.6) is 0 Å². The Labute approximate surface area is 112 Å². The molecular weight excluding hydrogens is 267 g/mol. The molecule has 0 saturated heterocycles. The molecule has 0 aliphatic carbocycles. The predicted octanol–water partition coefficient (Wildman–Crippen LogP) is 1.84. The van der Waals surface area contributed by atoms with Crippen LogP contribution in [0.2, 0.25) is 0 Å². The van der Waals surface area contributed by atoms with E-state index in [0.29, 0.717) is 12.2 Å². The molecule has 0 bridgehead atoms. The van der Waals surface area contributed by atoms with Gasteiger partial charge < -0.3 is 5.11 Å². The number of hydrogen-bond donors (Lipinski definition) is 1. The molecule has 0 aliphatic rings. The second-order valence-electron chi connectivity index (χ2n) is 4.25. The first-order chi connectivity index (χ1) is 9.11. The van der Waals surface area contributed by atoms with Gasteiger partial charge in [0.1, 0.15) is 5.82 Å². The maximum absolute atomic E-state index is 13.1. The lowest BCUT2D eigenvalue weighted by atomic mass is 10.2. The highest BCUT2D eigenvalue weighted by Gasteiger charge is 2.15. The Balaban J connectivity index is 1.86. The molecule has 0 saturated carbocycles. The van der Waals surface area contributed by atoms with Crippen molar-refractivity contribution in [3.05, 3.63) is 40.8 Å². The van der Waals surface area contributed by atoms with Crippen molar-refractivity contribution in [1.29, 1.82) is 0 Å². The van der Waals surface area contributed by atoms with E-state index in [1.807, 2.05) is 0 Å². The monoisotopic (exact) mass is 278 g/mol. The number of benzene rings is 1. The smallest absolute Gasteiger partial charge is 0.177 e. The summed E-state index contributed by atoms with van der Waals surface area (Å²) in [5.74, 6) is 0.209. The Kier molecular flexibility index (Phi) is 3.00. The number of rotatable bonds is 3. The van der Waals surface area contributed by atoms with Crippen LogP contribution in [0.3, 0.4) is 0 Å². The van der Waals surface area contributed by atoms with E-state index in [1.165, 1.54) is 28.3 Å². The van der Waals surface area contributed by atoms with Crippen molar-refractivity contribution in [3.8, 4) is 0 Å². The van der Waals surface area contributed by atoms with E-state index in [-0.39, 0.29) is 5.82 Å². The number of aryl methyl sites for hydroxylation is 1. The van der Waals surface area contributed by atoms with Crippen molar-refractivity contribution in [2.24, 2.45) is 7.05 Å². The summed E-state index contributed by atoms with van der Waals surface area (Å²) in [7, 11) is 1.67. The SMILES string of the molecule is Cn1nnc(CC(O)c2cc3cc(F)ccc3s2)n1. The molecule has 1 aromatic carbocycles. The highest BCUT2D eigenvalue weighted by molar-refractivity contribution is 7.19. The molecule has 0 radical (unpaired) electrons. The van der Waals surface area contributed by atoms with Crippen LogP contribution in [0, 0.1) is 5.82 Å². The molecule has 5 nitrogen and oxygen atoms in total. The first-order valence-corrected chi connectivity index (χ1v) is 6.53. The molecular formula is C12H11FN4OS. The molecule has 19 heavy (non-hydrogen) atoms. The van der Waals surface area contributed by atoms with Gasteiger partial charge in [0, 0.05) is 16.0 Å². The Morgan fingerprint density at radius 2 is 2.26 bits per heavy atom. The molecule has 98 valence electrons. The normalized spacial score (nSPS) is 13.0. The van der Waals surface area contributed by atoms with Gasteiger partial charge >= 0.3 is 0 Å². The number of halogens is 1. The van der Waals surface area contributed by atoms with Crippen molar-refractivity contribution in [2.75, 3.05) is 0 Å². The van der Waals surface area contributed by atoms with Crippen molar-refractivity contribution < 1.29 is 9.50 Å². The van der Waals surface area contributed by atoms with E-state index in [9.17, 15) is 9.50 Å². The van der Waals surface area contributed by atoms with E-state index in [1.54, 1.807) is 19.2 Å². The first kappa shape index (κ1) is 12.2. The summed E-state index contributed by atoms with van der Waals surface area (Å²) in [6.45, 7) is 0. The van der Waals surface area contributed by atoms with Crippen molar-refractivity contribution in [3.63, 3.8) is 0 Å². The summed E-state index contributed by atoms with van der Waals surface area (Å²) in [6.07, 6.45) is -0.409. The van der Waals surface area contributed by atoms with Gasteiger partial charge in [0.15, 0.2) is 5.82 Å². The van der Waals surface area contributed by atoms with Crippen LogP contribution in [0.15, 0.2) is 24.3 Å². The van der Waals surface area contributed by atoms with Gasteiger partial charge in [-0.05, 0) is 34.9 Å². The van der Waals surface area contributed by atoms with Gasteiger partial charge in [-0.2, -0.15) is 4.80 Å². The van der Waals surface area contributed by atoms with Crippen LogP contribution in [-0.4, -0.2) is 25.3 Å². The third-order valence-corrected chi connectivity index (χ3v) is 3.97. The van der Waals surface area contributed by atoms with Crippen molar-refractivity contribution >= 4 is 21.4 Å². The van der Waals surface area contributed by atoms with Gasteiger partial charge in [-0.15, -0.1) is 21.5 Å². The molecule has 1 N–H and O–H groups in total. The van der Waals surface area contributed by atoms with E-state index < -0.39 is 6.10 Å². The molecule has 3 rings (SSSR count). The Morgan fingerprint density at radius 1 is 1.42 bits per heavy atom. The number of fused-ring (bicyclic) bond motifs is 1. The lowest BCUT2D eigenvalue weighted by molar-refractivity contribution is 0.179. The summed E-state index contributed by atoms with van der Waals surface area (Å²) in [4.78, 5) is 2.12. The van der Waals surface area contributed by atoms with Crippen LogP contribution >= 0.6 is 11.3 Å². The van der Waals surface area contributed by atoms with Gasteiger partial charge in [0.05, 0.1) is 13.2 Å². The molecule has 2 aromatic heterocycles. The van der Waals surface area contributed by atoms with Gasteiger partial charge in [0.25, 0.3) is 0 Å². The standard InChI is InChI=1S/C12H11FN4OS/c1-17-15-12(14-16-17)6-9(18)11-5-7-4-8(13)2-3-10(7)19-11/h2-5,9,18H,6H2,1H3. The summed E-state index contributed by atoms with van der Waals surface area (Å²) >= 11 is 1.44. The van der Waals surface area contributed by atoms with E-state index in [2.05, 4.69) is 15.4 Å². The average Bonchev–Trinajstić information content (AvgIpc) is 2.95. The molecule has 3 aromatic rings. The number of hydrogen-bond acceptors (Lipinski definition) is 5. The van der Waals surface area contributed by atoms with E-state index >= 15 is 0 Å². The zero-order valence-electron chi connectivity index (χ0n) is 10.1. The fourth-order valence-corrected chi connectivity index (χ4v) is 2.91. The summed E-state index contributed by atoms with van der Waals surface area (Å²) in [6, 6.07) is 6.39. The van der Waals surface area contributed by atoms with Gasteiger partial charge in [-0.25, -0.2) is 4.39 Å². The minimum absolute atomic E-state index is 0.276. The van der Waals surface area contributed by atoms with Crippen LogP contribution in [0.25, 0.3) is 10.1 Å². The van der Waals surface area contributed by atoms with Crippen LogP contribution in [0.1, 0.15) is 16.8 Å². The number of nitrogens with zero attached hydrogens (tertiary/aromatic N) is 4. The van der Waals surface area contributed by atoms with Gasteiger partial charge in [-0.3, -0.25) is 0 Å². The summed E-state index contributed by atoms with van der Waals surface area (Å²) in [5.41, 5.74) is 0. The number of aliphatic hydroxyl groups excluding tert-OH is 1. The number of aliphatic hydroxyl groups is 1. The molecule has 1 unspecified atom stereocenters. The third-order valence-electron chi connectivity index (χ3n) is 2.75. The van der Waals surface area contributed by atoms with Crippen molar-refractivity contribution in [2.45, 2.75) is 12.5 Å². The second-order valence-corrected chi connectivity index (χ2v) is 5.36. The molecule has 7 heteroatoms. The molecule has 0 fully saturated rings. The second kappa shape index (κ2) is 4.67. The van der Waals surface area contributed by atoms with E-state index in [4.69, 9.17) is 0 Å². The van der Waals surface area contributed by atoms with Crippen LogP contribution in [-0.2, 0) is 13.5 Å². The minimum atomic E-state index is -0.704. The fourth-order valence-electron chi connectivity index (χ4n) is 1.88. The minimum Gasteiger partial charge on any atom is -0.387 e. The van der Waals surface area contributed by atoms with Gasteiger partial charge in [-0.1, -0.05) is 0 Å². The predicted molar refractivity (Wildman–Crippen MR) is 69.2 cm³/mol. The molecule has 0 amide bonds. The highest BCUT2D eigenvalue weighted by atomic mass is 32.1. The van der Waals surface area contributed by atoms with Crippen molar-refractivity contribution in [1.82, 2.24) is 20.2 Å². The largest absolute Gasteiger partial charge is 0.387 e. The maximum atomic E-state index is 13.1. The zero-order chi connectivity index (χ0) is 13.4. The topological polar surface area (TPSA) is 63.8 Å². The number of aromatic nitrogens is 4. The van der Waals surface area contributed by atoms with Gasteiger partial charge in [0.2, 0.25) is 0 Å². The summed E-state index contributed by atoms with van der Waals surface area (Å²) < 4.78 is 14.1. The van der Waals surface area contributed by atoms with E-state index in [0.717, 1.165) is 15.0 Å². The maximum Gasteiger partial charge on any atom is 0.177 e. The Hall–Kier alpha value is -1.86. The lowest BCUT2D eigenvalue weighted by Crippen LogP contribution is -2.02. The first-order valence-electron chi connectivity index (χ1n) is 5.72. The quantitative estimate of drug-likeness (QED) is 0.794. The summed E-state index contributed by atoms with van der Waals surface area (Å²) in [5, 5.41) is 22.5. The lowest BCUT2D eigenvalue weighted by Gasteiger charge is -2.03. The molecule has 0 spiro atoms. The zero-order valence-corrected chi connectivity index (χ0v) is 10.9. The Bertz CT molecular complexity index is 723. The van der Waals surface area contributed by atoms with Crippen LogP contribution in [0.4, 0.5) is 4.39 Å². The highest BCUT2D eigenvalue weighted by Crippen LogP contribution is 2.31. The third kappa shape index (κ3) is 2.47. The van der Waals surface area contributed by atoms with Crippen LogP contribution < -0.4 is 0 Å². The molecule has 1 atom stereocenters. The Morgan fingerprint density at radius 3 is 3.00 bits per heavy atom. The number of tetrazole rings is 1. The molecule has 0 aliphatic heterocycles. The number of thiophene rings is 1.